The molecule has 0 aliphatic heterocycles. The molecular weight excluding hydrogens is 242 g/mol. The molecule has 2 N–H and O–H groups in total. The van der Waals surface area contributed by atoms with E-state index in [1.54, 1.807) is 11.3 Å². The zero-order valence-corrected chi connectivity index (χ0v) is 13.0. The number of nitrogens with zero attached hydrogens (tertiary/aromatic N) is 2. The van der Waals surface area contributed by atoms with E-state index in [1.807, 2.05) is 0 Å². The number of nitrogens with two attached hydrogens (primary N) is 1. The van der Waals surface area contributed by atoms with Gasteiger partial charge in [-0.05, 0) is 19.3 Å². The fourth-order valence-electron chi connectivity index (χ4n) is 2.14. The van der Waals surface area contributed by atoms with E-state index in [2.05, 4.69) is 32.6 Å². The van der Waals surface area contributed by atoms with Gasteiger partial charge in [0.05, 0.1) is 5.69 Å². The highest BCUT2D eigenvalue weighted by atomic mass is 32.1. The first kappa shape index (κ1) is 15.4. The zero-order chi connectivity index (χ0) is 13.5. The molecule has 0 amide bonds. The second kappa shape index (κ2) is 7.74. The van der Waals surface area contributed by atoms with Crippen molar-refractivity contribution in [2.24, 2.45) is 11.7 Å². The quantitative estimate of drug-likeness (QED) is 0.786. The maximum Gasteiger partial charge on any atom is 0.185 e. The third-order valence-electron chi connectivity index (χ3n) is 3.57. The largest absolute Gasteiger partial charge is 0.348 e. The van der Waals surface area contributed by atoms with Crippen molar-refractivity contribution < 1.29 is 0 Å². The van der Waals surface area contributed by atoms with Crippen LogP contribution in [0.15, 0.2) is 0 Å². The molecule has 0 aliphatic rings. The minimum absolute atomic E-state index is 0.614. The second-order valence-corrected chi connectivity index (χ2v) is 5.71. The second-order valence-electron chi connectivity index (χ2n) is 4.65. The Morgan fingerprint density at radius 2 is 1.89 bits per heavy atom. The van der Waals surface area contributed by atoms with Crippen molar-refractivity contribution in [3.63, 3.8) is 0 Å². The molecule has 0 bridgehead atoms. The molecule has 18 heavy (non-hydrogen) atoms. The molecule has 1 aromatic rings. The smallest absolute Gasteiger partial charge is 0.185 e. The Morgan fingerprint density at radius 1 is 1.22 bits per heavy atom. The van der Waals surface area contributed by atoms with Crippen LogP contribution in [-0.2, 0) is 13.0 Å². The molecule has 0 fully saturated rings. The Labute approximate surface area is 115 Å². The third kappa shape index (κ3) is 3.69. The van der Waals surface area contributed by atoms with E-state index in [4.69, 9.17) is 10.7 Å². The number of anilines is 1. The van der Waals surface area contributed by atoms with Crippen LogP contribution in [0.4, 0.5) is 5.13 Å². The maximum atomic E-state index is 5.79. The molecule has 0 spiro atoms. The lowest BCUT2D eigenvalue weighted by atomic mass is 10.0. The van der Waals surface area contributed by atoms with Gasteiger partial charge in [0.15, 0.2) is 5.13 Å². The summed E-state index contributed by atoms with van der Waals surface area (Å²) in [5.74, 6) is 0.764. The molecule has 104 valence electrons. The number of hydrogen-bond donors (Lipinski definition) is 1. The van der Waals surface area contributed by atoms with Crippen molar-refractivity contribution in [3.8, 4) is 0 Å². The molecule has 0 radical (unpaired) electrons. The molecule has 1 aromatic heterocycles. The Hall–Kier alpha value is -0.610. The van der Waals surface area contributed by atoms with Gasteiger partial charge in [0, 0.05) is 24.5 Å². The minimum Gasteiger partial charge on any atom is -0.348 e. The lowest BCUT2D eigenvalue weighted by Crippen LogP contribution is -2.28. The first-order valence-corrected chi connectivity index (χ1v) is 7.95. The van der Waals surface area contributed by atoms with Crippen LogP contribution in [0.2, 0.25) is 0 Å². The van der Waals surface area contributed by atoms with Crippen molar-refractivity contribution in [1.82, 2.24) is 4.98 Å². The molecule has 0 aliphatic carbocycles. The lowest BCUT2D eigenvalue weighted by molar-refractivity contribution is 0.485. The minimum atomic E-state index is 0.614. The van der Waals surface area contributed by atoms with E-state index in [-0.39, 0.29) is 0 Å². The van der Waals surface area contributed by atoms with Gasteiger partial charge in [-0.2, -0.15) is 0 Å². The first-order valence-electron chi connectivity index (χ1n) is 7.13. The fourth-order valence-corrected chi connectivity index (χ4v) is 3.24. The van der Waals surface area contributed by atoms with Crippen LogP contribution in [0.3, 0.4) is 0 Å². The highest BCUT2D eigenvalue weighted by Gasteiger charge is 2.16. The Kier molecular flexibility index (Phi) is 6.65. The van der Waals surface area contributed by atoms with E-state index in [1.165, 1.54) is 23.4 Å². The predicted octanol–water partition coefficient (Wildman–Crippen LogP) is 3.43. The first-order chi connectivity index (χ1) is 8.69. The van der Waals surface area contributed by atoms with Crippen molar-refractivity contribution >= 4 is 16.5 Å². The molecule has 0 atom stereocenters. The van der Waals surface area contributed by atoms with Gasteiger partial charge in [0.1, 0.15) is 0 Å². The monoisotopic (exact) mass is 269 g/mol. The van der Waals surface area contributed by atoms with Crippen LogP contribution in [0, 0.1) is 5.92 Å². The average molecular weight is 269 g/mol. The summed E-state index contributed by atoms with van der Waals surface area (Å²) < 4.78 is 0. The van der Waals surface area contributed by atoms with Crippen molar-refractivity contribution in [2.45, 2.75) is 53.5 Å². The third-order valence-corrected chi connectivity index (χ3v) is 4.75. The van der Waals surface area contributed by atoms with Crippen LogP contribution in [0.5, 0.6) is 0 Å². The van der Waals surface area contributed by atoms with Crippen LogP contribution >= 0.6 is 11.3 Å². The summed E-state index contributed by atoms with van der Waals surface area (Å²) in [6, 6.07) is 0. The standard InChI is InChI=1S/C14H27N3S/c1-5-11(6-2)10-17(8-4)14-16-12(7-3)13(9-15)18-14/h11H,5-10,15H2,1-4H3. The number of aromatic nitrogens is 1. The molecule has 0 unspecified atom stereocenters. The summed E-state index contributed by atoms with van der Waals surface area (Å²) in [5.41, 5.74) is 6.97. The Balaban J connectivity index is 2.84. The van der Waals surface area contributed by atoms with Crippen LogP contribution < -0.4 is 10.6 Å². The number of thiazole rings is 1. The SMILES string of the molecule is CCc1nc(N(CC)CC(CC)CC)sc1CN. The number of hydrogen-bond acceptors (Lipinski definition) is 4. The predicted molar refractivity (Wildman–Crippen MR) is 81.3 cm³/mol. The van der Waals surface area contributed by atoms with Crippen LogP contribution in [-0.4, -0.2) is 18.1 Å². The van der Waals surface area contributed by atoms with E-state index in [0.717, 1.165) is 30.6 Å². The van der Waals surface area contributed by atoms with Gasteiger partial charge >= 0.3 is 0 Å². The van der Waals surface area contributed by atoms with Crippen LogP contribution in [0.1, 0.15) is 51.1 Å². The Morgan fingerprint density at radius 3 is 2.28 bits per heavy atom. The zero-order valence-electron chi connectivity index (χ0n) is 12.2. The van der Waals surface area contributed by atoms with Gasteiger partial charge in [0.2, 0.25) is 0 Å². The highest BCUT2D eigenvalue weighted by Crippen LogP contribution is 2.27. The molecule has 4 heteroatoms. The van der Waals surface area contributed by atoms with Crippen LogP contribution in [0.25, 0.3) is 0 Å². The fraction of sp³-hybridized carbons (Fsp3) is 0.786. The summed E-state index contributed by atoms with van der Waals surface area (Å²) in [4.78, 5) is 8.41. The van der Waals surface area contributed by atoms with Gasteiger partial charge in [-0.1, -0.05) is 33.6 Å². The van der Waals surface area contributed by atoms with E-state index < -0.39 is 0 Å². The summed E-state index contributed by atoms with van der Waals surface area (Å²) in [7, 11) is 0. The number of rotatable bonds is 8. The molecule has 0 saturated heterocycles. The normalized spacial score (nSPS) is 11.2. The molecular formula is C14H27N3S. The maximum absolute atomic E-state index is 5.79. The van der Waals surface area contributed by atoms with Gasteiger partial charge in [-0.3, -0.25) is 0 Å². The molecule has 0 saturated carbocycles. The molecule has 1 heterocycles. The summed E-state index contributed by atoms with van der Waals surface area (Å²) in [6.45, 7) is 11.6. The summed E-state index contributed by atoms with van der Waals surface area (Å²) in [6.07, 6.45) is 3.46. The number of aryl methyl sites for hydroxylation is 1. The van der Waals surface area contributed by atoms with Gasteiger partial charge in [-0.25, -0.2) is 4.98 Å². The average Bonchev–Trinajstić information content (AvgIpc) is 2.83. The van der Waals surface area contributed by atoms with Gasteiger partial charge in [0.25, 0.3) is 0 Å². The summed E-state index contributed by atoms with van der Waals surface area (Å²) in [5, 5.41) is 1.15. The van der Waals surface area contributed by atoms with Gasteiger partial charge < -0.3 is 10.6 Å². The topological polar surface area (TPSA) is 42.2 Å². The van der Waals surface area contributed by atoms with Gasteiger partial charge in [-0.15, -0.1) is 11.3 Å². The highest BCUT2D eigenvalue weighted by molar-refractivity contribution is 7.15. The molecule has 3 nitrogen and oxygen atoms in total. The molecule has 1 rings (SSSR count). The van der Waals surface area contributed by atoms with Crippen molar-refractivity contribution in [2.75, 3.05) is 18.0 Å². The lowest BCUT2D eigenvalue weighted by Gasteiger charge is -2.24. The van der Waals surface area contributed by atoms with Crippen molar-refractivity contribution in [1.29, 1.82) is 0 Å². The summed E-state index contributed by atoms with van der Waals surface area (Å²) >= 11 is 1.77. The van der Waals surface area contributed by atoms with E-state index in [9.17, 15) is 0 Å². The van der Waals surface area contributed by atoms with Crippen molar-refractivity contribution in [3.05, 3.63) is 10.6 Å². The van der Waals surface area contributed by atoms with E-state index in [0.29, 0.717) is 6.54 Å². The van der Waals surface area contributed by atoms with E-state index >= 15 is 0 Å². The Bertz CT molecular complexity index is 323. The molecule has 0 aromatic carbocycles.